The van der Waals surface area contributed by atoms with Gasteiger partial charge in [-0.3, -0.25) is 14.9 Å². The van der Waals surface area contributed by atoms with Gasteiger partial charge in [-0.1, -0.05) is 36.4 Å². The van der Waals surface area contributed by atoms with Crippen LogP contribution < -0.4 is 5.32 Å². The van der Waals surface area contributed by atoms with Crippen LogP contribution in [0.1, 0.15) is 29.3 Å². The molecule has 2 aromatic rings. The molecule has 0 aromatic heterocycles. The molecule has 2 rings (SSSR count). The highest BCUT2D eigenvalue weighted by Gasteiger charge is 2.13. The molecule has 2 aromatic carbocycles. The van der Waals surface area contributed by atoms with Gasteiger partial charge in [-0.25, -0.2) is 0 Å². The number of aryl methyl sites for hydroxylation is 1. The van der Waals surface area contributed by atoms with E-state index < -0.39 is 4.92 Å². The summed E-state index contributed by atoms with van der Waals surface area (Å²) in [6.45, 7) is 1.93. The van der Waals surface area contributed by atoms with E-state index in [2.05, 4.69) is 17.4 Å². The summed E-state index contributed by atoms with van der Waals surface area (Å²) in [5.41, 5.74) is 1.45. The Morgan fingerprint density at radius 3 is 2.59 bits per heavy atom. The highest BCUT2D eigenvalue weighted by molar-refractivity contribution is 5.94. The van der Waals surface area contributed by atoms with Crippen molar-refractivity contribution in [1.29, 1.82) is 0 Å². The van der Waals surface area contributed by atoms with Crippen LogP contribution in [-0.4, -0.2) is 16.9 Å². The summed E-state index contributed by atoms with van der Waals surface area (Å²) in [5, 5.41) is 13.6. The van der Waals surface area contributed by atoms with Crippen LogP contribution in [0.3, 0.4) is 0 Å². The smallest absolute Gasteiger partial charge is 0.270 e. The van der Waals surface area contributed by atoms with Crippen molar-refractivity contribution in [3.05, 3.63) is 75.8 Å². The van der Waals surface area contributed by atoms with Crippen molar-refractivity contribution in [3.8, 4) is 0 Å². The van der Waals surface area contributed by atoms with Crippen molar-refractivity contribution in [1.82, 2.24) is 5.32 Å². The molecule has 5 heteroatoms. The van der Waals surface area contributed by atoms with Crippen LogP contribution in [0.2, 0.25) is 0 Å². The van der Waals surface area contributed by atoms with Gasteiger partial charge in [-0.05, 0) is 31.4 Å². The third-order valence-corrected chi connectivity index (χ3v) is 3.41. The fourth-order valence-electron chi connectivity index (χ4n) is 2.17. The maximum Gasteiger partial charge on any atom is 0.270 e. The molecule has 0 bridgehead atoms. The van der Waals surface area contributed by atoms with Gasteiger partial charge in [0.05, 0.1) is 4.92 Å². The first-order chi connectivity index (χ1) is 10.6. The Morgan fingerprint density at radius 2 is 1.91 bits per heavy atom. The second-order valence-corrected chi connectivity index (χ2v) is 5.21. The van der Waals surface area contributed by atoms with Crippen LogP contribution in [0, 0.1) is 10.1 Å². The van der Waals surface area contributed by atoms with E-state index >= 15 is 0 Å². The summed E-state index contributed by atoms with van der Waals surface area (Å²) < 4.78 is 0. The summed E-state index contributed by atoms with van der Waals surface area (Å²) in [4.78, 5) is 22.3. The first-order valence-corrected chi connectivity index (χ1v) is 7.15. The fourth-order valence-corrected chi connectivity index (χ4v) is 2.17. The largest absolute Gasteiger partial charge is 0.350 e. The first-order valence-electron chi connectivity index (χ1n) is 7.15. The summed E-state index contributed by atoms with van der Waals surface area (Å²) in [5.74, 6) is -0.288. The number of carbonyl (C=O) groups excluding carboxylic acids is 1. The van der Waals surface area contributed by atoms with E-state index in [1.165, 1.54) is 23.8 Å². The Morgan fingerprint density at radius 1 is 1.18 bits per heavy atom. The molecule has 0 aliphatic rings. The van der Waals surface area contributed by atoms with Gasteiger partial charge in [0.25, 0.3) is 11.6 Å². The maximum atomic E-state index is 12.1. The van der Waals surface area contributed by atoms with Crippen molar-refractivity contribution >= 4 is 11.6 Å². The first kappa shape index (κ1) is 15.7. The lowest BCUT2D eigenvalue weighted by Gasteiger charge is -2.14. The average Bonchev–Trinajstić information content (AvgIpc) is 2.54. The van der Waals surface area contributed by atoms with Crippen molar-refractivity contribution in [2.24, 2.45) is 0 Å². The van der Waals surface area contributed by atoms with Crippen LogP contribution >= 0.6 is 0 Å². The number of rotatable bonds is 6. The minimum absolute atomic E-state index is 0.00744. The number of benzene rings is 2. The van der Waals surface area contributed by atoms with E-state index in [1.54, 1.807) is 6.07 Å². The Hall–Kier alpha value is -2.69. The summed E-state index contributed by atoms with van der Waals surface area (Å²) in [6, 6.07) is 15.8. The number of nitrogens with one attached hydrogen (secondary N) is 1. The Labute approximate surface area is 129 Å². The van der Waals surface area contributed by atoms with Gasteiger partial charge in [0.15, 0.2) is 0 Å². The van der Waals surface area contributed by atoms with Crippen LogP contribution in [-0.2, 0) is 6.42 Å². The van der Waals surface area contributed by atoms with Crippen LogP contribution in [0.25, 0.3) is 0 Å². The third-order valence-electron chi connectivity index (χ3n) is 3.41. The third kappa shape index (κ3) is 4.41. The fraction of sp³-hybridized carbons (Fsp3) is 0.235. The van der Waals surface area contributed by atoms with E-state index in [1.807, 2.05) is 25.1 Å². The zero-order valence-corrected chi connectivity index (χ0v) is 12.4. The lowest BCUT2D eigenvalue weighted by Crippen LogP contribution is -2.32. The highest BCUT2D eigenvalue weighted by atomic mass is 16.6. The van der Waals surface area contributed by atoms with Crippen LogP contribution in [0.4, 0.5) is 5.69 Å². The summed E-state index contributed by atoms with van der Waals surface area (Å²) in [6.07, 6.45) is 1.68. The molecule has 0 unspecified atom stereocenters. The SMILES string of the molecule is C[C@H](CCc1ccccc1)NC(=O)c1cccc([N+](=O)[O-])c1. The van der Waals surface area contributed by atoms with Crippen molar-refractivity contribution in [3.63, 3.8) is 0 Å². The Kier molecular flexibility index (Phi) is 5.25. The van der Waals surface area contributed by atoms with Gasteiger partial charge in [-0.2, -0.15) is 0 Å². The van der Waals surface area contributed by atoms with Crippen LogP contribution in [0.5, 0.6) is 0 Å². The zero-order chi connectivity index (χ0) is 15.9. The standard InChI is InChI=1S/C17H18N2O3/c1-13(10-11-14-6-3-2-4-7-14)18-17(20)15-8-5-9-16(12-15)19(21)22/h2-9,12-13H,10-11H2,1H3,(H,18,20)/t13-/m1/s1. The predicted octanol–water partition coefficient (Wildman–Crippen LogP) is 3.35. The second-order valence-electron chi connectivity index (χ2n) is 5.21. The number of non-ortho nitro benzene ring substituents is 1. The number of amides is 1. The van der Waals surface area contributed by atoms with E-state index in [9.17, 15) is 14.9 Å². The molecule has 0 spiro atoms. The Bertz CT molecular complexity index is 656. The van der Waals surface area contributed by atoms with E-state index in [4.69, 9.17) is 0 Å². The zero-order valence-electron chi connectivity index (χ0n) is 12.4. The molecule has 0 aliphatic heterocycles. The minimum atomic E-state index is -0.504. The van der Waals surface area contributed by atoms with Crippen molar-refractivity contribution in [2.45, 2.75) is 25.8 Å². The lowest BCUT2D eigenvalue weighted by molar-refractivity contribution is -0.384. The molecular formula is C17H18N2O3. The molecule has 0 fully saturated rings. The summed E-state index contributed by atoms with van der Waals surface area (Å²) in [7, 11) is 0. The van der Waals surface area contributed by atoms with Gasteiger partial charge < -0.3 is 5.32 Å². The number of hydrogen-bond acceptors (Lipinski definition) is 3. The molecule has 1 atom stereocenters. The van der Waals surface area contributed by atoms with Gasteiger partial charge in [0.1, 0.15) is 0 Å². The van der Waals surface area contributed by atoms with Crippen LogP contribution in [0.15, 0.2) is 54.6 Å². The molecule has 22 heavy (non-hydrogen) atoms. The molecule has 114 valence electrons. The molecule has 5 nitrogen and oxygen atoms in total. The number of nitrogens with zero attached hydrogens (tertiary/aromatic N) is 1. The number of carbonyl (C=O) groups is 1. The molecular weight excluding hydrogens is 280 g/mol. The van der Waals surface area contributed by atoms with E-state index in [0.717, 1.165) is 12.8 Å². The predicted molar refractivity (Wildman–Crippen MR) is 84.8 cm³/mol. The van der Waals surface area contributed by atoms with Gasteiger partial charge in [-0.15, -0.1) is 0 Å². The maximum absolute atomic E-state index is 12.1. The van der Waals surface area contributed by atoms with Crippen molar-refractivity contribution in [2.75, 3.05) is 0 Å². The minimum Gasteiger partial charge on any atom is -0.350 e. The van der Waals surface area contributed by atoms with Gasteiger partial charge in [0.2, 0.25) is 0 Å². The molecule has 0 saturated heterocycles. The number of hydrogen-bond donors (Lipinski definition) is 1. The lowest BCUT2D eigenvalue weighted by atomic mass is 10.1. The van der Waals surface area contributed by atoms with E-state index in [-0.39, 0.29) is 17.6 Å². The molecule has 1 N–H and O–H groups in total. The molecule has 0 radical (unpaired) electrons. The highest BCUT2D eigenvalue weighted by Crippen LogP contribution is 2.13. The van der Waals surface area contributed by atoms with Crippen molar-refractivity contribution < 1.29 is 9.72 Å². The quantitative estimate of drug-likeness (QED) is 0.656. The van der Waals surface area contributed by atoms with Gasteiger partial charge in [0, 0.05) is 23.7 Å². The topological polar surface area (TPSA) is 72.2 Å². The monoisotopic (exact) mass is 298 g/mol. The normalized spacial score (nSPS) is 11.7. The van der Waals surface area contributed by atoms with E-state index in [0.29, 0.717) is 5.56 Å². The average molecular weight is 298 g/mol. The molecule has 0 aliphatic carbocycles. The second kappa shape index (κ2) is 7.36. The Balaban J connectivity index is 1.91. The molecule has 1 amide bonds. The number of nitro groups is 1. The summed E-state index contributed by atoms with van der Waals surface area (Å²) >= 11 is 0. The molecule has 0 heterocycles. The number of nitro benzene ring substituents is 1. The van der Waals surface area contributed by atoms with Gasteiger partial charge >= 0.3 is 0 Å². The molecule has 0 saturated carbocycles.